The van der Waals surface area contributed by atoms with E-state index in [1.54, 1.807) is 0 Å². The maximum Gasteiger partial charge on any atom is 0.225 e. The number of morpholine rings is 1. The Morgan fingerprint density at radius 3 is 2.24 bits per heavy atom. The van der Waals surface area contributed by atoms with Crippen molar-refractivity contribution in [1.29, 1.82) is 0 Å². The van der Waals surface area contributed by atoms with Gasteiger partial charge in [-0.05, 0) is 18.8 Å². The molecule has 1 amide bonds. The number of guanidine groups is 1. The lowest BCUT2D eigenvalue weighted by Gasteiger charge is -2.37. The zero-order valence-corrected chi connectivity index (χ0v) is 18.3. The van der Waals surface area contributed by atoms with Crippen LogP contribution in [0.15, 0.2) is 4.99 Å². The fourth-order valence-electron chi connectivity index (χ4n) is 3.53. The van der Waals surface area contributed by atoms with E-state index in [9.17, 15) is 4.79 Å². The molecule has 0 unspecified atom stereocenters. The van der Waals surface area contributed by atoms with Crippen LogP contribution in [-0.2, 0) is 9.53 Å². The van der Waals surface area contributed by atoms with E-state index in [2.05, 4.69) is 29.1 Å². The summed E-state index contributed by atoms with van der Waals surface area (Å²) in [6, 6.07) is 0. The summed E-state index contributed by atoms with van der Waals surface area (Å²) in [5, 5.41) is 3.51. The molecule has 1 N–H and O–H groups in total. The van der Waals surface area contributed by atoms with E-state index in [1.165, 1.54) is 12.8 Å². The number of nitrogens with zero attached hydrogens (tertiary/aromatic N) is 3. The van der Waals surface area contributed by atoms with Crippen molar-refractivity contribution in [3.8, 4) is 0 Å². The van der Waals surface area contributed by atoms with Gasteiger partial charge in [-0.25, -0.2) is 0 Å². The van der Waals surface area contributed by atoms with Crippen LogP contribution in [0.3, 0.4) is 0 Å². The highest BCUT2D eigenvalue weighted by molar-refractivity contribution is 14.0. The van der Waals surface area contributed by atoms with Crippen LogP contribution in [0.2, 0.25) is 0 Å². The molecule has 2 aliphatic heterocycles. The van der Waals surface area contributed by atoms with Crippen molar-refractivity contribution >= 4 is 35.8 Å². The topological polar surface area (TPSA) is 57.2 Å². The highest BCUT2D eigenvalue weighted by Gasteiger charge is 2.30. The van der Waals surface area contributed by atoms with Gasteiger partial charge in [0, 0.05) is 45.7 Å². The molecule has 0 aliphatic carbocycles. The summed E-state index contributed by atoms with van der Waals surface area (Å²) < 4.78 is 5.34. The minimum Gasteiger partial charge on any atom is -0.378 e. The molecule has 2 aliphatic rings. The molecule has 0 saturated carbocycles. The molecule has 2 saturated heterocycles. The summed E-state index contributed by atoms with van der Waals surface area (Å²) in [5.74, 6) is 2.16. The summed E-state index contributed by atoms with van der Waals surface area (Å²) in [6.07, 6.45) is 4.22. The monoisotopic (exact) mass is 466 g/mol. The SMILES string of the molecule is CCC(CC)CNC(=NC)N1CCC(C(=O)N2CCOCC2)CC1.I. The largest absolute Gasteiger partial charge is 0.378 e. The predicted octanol–water partition coefficient (Wildman–Crippen LogP) is 2.19. The molecular weight excluding hydrogens is 431 g/mol. The smallest absolute Gasteiger partial charge is 0.225 e. The van der Waals surface area contributed by atoms with E-state index < -0.39 is 0 Å². The first kappa shape index (κ1) is 22.5. The number of piperidine rings is 1. The summed E-state index contributed by atoms with van der Waals surface area (Å²) in [6.45, 7) is 10.1. The Hall–Kier alpha value is -0.570. The minimum atomic E-state index is 0. The number of carbonyl (C=O) groups is 1. The highest BCUT2D eigenvalue weighted by Crippen LogP contribution is 2.20. The Morgan fingerprint density at radius 1 is 1.12 bits per heavy atom. The summed E-state index contributed by atoms with van der Waals surface area (Å²) >= 11 is 0. The van der Waals surface area contributed by atoms with Gasteiger partial charge in [-0.1, -0.05) is 26.7 Å². The number of ether oxygens (including phenoxy) is 1. The average molecular weight is 466 g/mol. The van der Waals surface area contributed by atoms with Crippen molar-refractivity contribution in [1.82, 2.24) is 15.1 Å². The van der Waals surface area contributed by atoms with Gasteiger partial charge in [0.2, 0.25) is 5.91 Å². The third kappa shape index (κ3) is 6.58. The second-order valence-electron chi connectivity index (χ2n) is 6.81. The lowest BCUT2D eigenvalue weighted by Crippen LogP contribution is -2.50. The standard InChI is InChI=1S/C18H34N4O2.HI/c1-4-15(5-2)14-20-18(19-3)22-8-6-16(7-9-22)17(23)21-10-12-24-13-11-21;/h15-16H,4-14H2,1-3H3,(H,19,20);1H. The van der Waals surface area contributed by atoms with Gasteiger partial charge >= 0.3 is 0 Å². The van der Waals surface area contributed by atoms with Gasteiger partial charge in [0.25, 0.3) is 0 Å². The van der Waals surface area contributed by atoms with Crippen LogP contribution in [0.5, 0.6) is 0 Å². The zero-order chi connectivity index (χ0) is 17.4. The second kappa shape index (κ2) is 11.9. The number of carbonyl (C=O) groups excluding carboxylic acids is 1. The van der Waals surface area contributed by atoms with Crippen molar-refractivity contribution in [2.24, 2.45) is 16.8 Å². The van der Waals surface area contributed by atoms with Crippen molar-refractivity contribution < 1.29 is 9.53 Å². The fourth-order valence-corrected chi connectivity index (χ4v) is 3.53. The molecule has 6 nitrogen and oxygen atoms in total. The molecule has 2 rings (SSSR count). The number of nitrogens with one attached hydrogen (secondary N) is 1. The third-order valence-electron chi connectivity index (χ3n) is 5.38. The number of hydrogen-bond donors (Lipinski definition) is 1. The summed E-state index contributed by atoms with van der Waals surface area (Å²) in [4.78, 5) is 21.3. The molecule has 146 valence electrons. The molecular formula is C18H35IN4O2. The average Bonchev–Trinajstić information content (AvgIpc) is 2.66. The summed E-state index contributed by atoms with van der Waals surface area (Å²) in [5.41, 5.74) is 0. The van der Waals surface area contributed by atoms with Gasteiger partial charge in [-0.15, -0.1) is 24.0 Å². The molecule has 0 radical (unpaired) electrons. The fraction of sp³-hybridized carbons (Fsp3) is 0.889. The van der Waals surface area contributed by atoms with Crippen LogP contribution in [0.1, 0.15) is 39.5 Å². The van der Waals surface area contributed by atoms with Crippen LogP contribution >= 0.6 is 24.0 Å². The normalized spacial score (nSPS) is 19.8. The van der Waals surface area contributed by atoms with E-state index in [4.69, 9.17) is 4.74 Å². The van der Waals surface area contributed by atoms with Crippen LogP contribution in [-0.4, -0.2) is 74.7 Å². The Labute approximate surface area is 169 Å². The molecule has 25 heavy (non-hydrogen) atoms. The number of aliphatic imine (C=N–C) groups is 1. The first-order chi connectivity index (χ1) is 11.7. The van der Waals surface area contributed by atoms with Gasteiger partial charge in [0.05, 0.1) is 13.2 Å². The Morgan fingerprint density at radius 2 is 1.72 bits per heavy atom. The van der Waals surface area contributed by atoms with E-state index in [0.29, 0.717) is 25.0 Å². The molecule has 0 aromatic rings. The first-order valence-electron chi connectivity index (χ1n) is 9.51. The van der Waals surface area contributed by atoms with Gasteiger partial charge in [-0.2, -0.15) is 0 Å². The molecule has 0 aromatic heterocycles. The van der Waals surface area contributed by atoms with Gasteiger partial charge < -0.3 is 19.9 Å². The Balaban J connectivity index is 0.00000312. The van der Waals surface area contributed by atoms with E-state index >= 15 is 0 Å². The lowest BCUT2D eigenvalue weighted by atomic mass is 9.95. The predicted molar refractivity (Wildman–Crippen MR) is 113 cm³/mol. The third-order valence-corrected chi connectivity index (χ3v) is 5.38. The van der Waals surface area contributed by atoms with Gasteiger partial charge in [0.1, 0.15) is 0 Å². The second-order valence-corrected chi connectivity index (χ2v) is 6.81. The maximum atomic E-state index is 12.6. The highest BCUT2D eigenvalue weighted by atomic mass is 127. The molecule has 0 atom stereocenters. The van der Waals surface area contributed by atoms with E-state index in [0.717, 1.165) is 51.5 Å². The van der Waals surface area contributed by atoms with Crippen molar-refractivity contribution in [2.45, 2.75) is 39.5 Å². The lowest BCUT2D eigenvalue weighted by molar-refractivity contribution is -0.140. The van der Waals surface area contributed by atoms with Crippen molar-refractivity contribution in [3.63, 3.8) is 0 Å². The van der Waals surface area contributed by atoms with E-state index in [-0.39, 0.29) is 29.9 Å². The van der Waals surface area contributed by atoms with Gasteiger partial charge in [-0.3, -0.25) is 9.79 Å². The minimum absolute atomic E-state index is 0. The molecule has 0 spiro atoms. The Kier molecular flexibility index (Phi) is 10.7. The number of hydrogen-bond acceptors (Lipinski definition) is 3. The van der Waals surface area contributed by atoms with Crippen molar-refractivity contribution in [3.05, 3.63) is 0 Å². The molecule has 0 aromatic carbocycles. The van der Waals surface area contributed by atoms with Crippen LogP contribution < -0.4 is 5.32 Å². The van der Waals surface area contributed by atoms with E-state index in [1.807, 2.05) is 11.9 Å². The maximum absolute atomic E-state index is 12.6. The first-order valence-corrected chi connectivity index (χ1v) is 9.51. The molecule has 7 heteroatoms. The van der Waals surface area contributed by atoms with Crippen LogP contribution in [0.25, 0.3) is 0 Å². The number of likely N-dealkylation sites (tertiary alicyclic amines) is 1. The number of halogens is 1. The Bertz CT molecular complexity index is 415. The van der Waals surface area contributed by atoms with Crippen LogP contribution in [0, 0.1) is 11.8 Å². The molecule has 2 fully saturated rings. The zero-order valence-electron chi connectivity index (χ0n) is 16.0. The van der Waals surface area contributed by atoms with Crippen molar-refractivity contribution in [2.75, 3.05) is 53.0 Å². The molecule has 2 heterocycles. The number of rotatable bonds is 5. The quantitative estimate of drug-likeness (QED) is 0.384. The van der Waals surface area contributed by atoms with Crippen LogP contribution in [0.4, 0.5) is 0 Å². The number of amides is 1. The van der Waals surface area contributed by atoms with Gasteiger partial charge in [0.15, 0.2) is 5.96 Å². The molecule has 0 bridgehead atoms. The summed E-state index contributed by atoms with van der Waals surface area (Å²) in [7, 11) is 1.85.